The van der Waals surface area contributed by atoms with E-state index in [-0.39, 0.29) is 10.5 Å². The van der Waals surface area contributed by atoms with Gasteiger partial charge in [0.15, 0.2) is 6.61 Å². The highest BCUT2D eigenvalue weighted by atomic mass is 35.5. The minimum Gasteiger partial charge on any atom is -0.452 e. The predicted molar refractivity (Wildman–Crippen MR) is 114 cm³/mol. The summed E-state index contributed by atoms with van der Waals surface area (Å²) >= 11 is 5.84. The summed E-state index contributed by atoms with van der Waals surface area (Å²) in [4.78, 5) is 24.4. The van der Waals surface area contributed by atoms with Crippen molar-refractivity contribution >= 4 is 39.2 Å². The standard InChI is InChI=1S/C21H23ClN2O5S/c1-15-8-9-18(30(27,28)24-10-3-2-4-11-24)13-19(15)23-20(25)14-29-21(26)16-6-5-7-17(22)12-16/h5-9,12-13H,2-4,10-11,14H2,1H3,(H,23,25). The molecule has 0 aliphatic carbocycles. The Bertz CT molecular complexity index is 1050. The van der Waals surface area contributed by atoms with Crippen LogP contribution in [0.25, 0.3) is 0 Å². The lowest BCUT2D eigenvalue weighted by molar-refractivity contribution is -0.119. The SMILES string of the molecule is Cc1ccc(S(=O)(=O)N2CCCCC2)cc1NC(=O)COC(=O)c1cccc(Cl)c1. The van der Waals surface area contributed by atoms with Gasteiger partial charge in [0.25, 0.3) is 5.91 Å². The Morgan fingerprint density at radius 1 is 1.10 bits per heavy atom. The fourth-order valence-electron chi connectivity index (χ4n) is 3.17. The smallest absolute Gasteiger partial charge is 0.338 e. The van der Waals surface area contributed by atoms with Crippen LogP contribution in [0.1, 0.15) is 35.2 Å². The fourth-order valence-corrected chi connectivity index (χ4v) is 4.90. The third-order valence-electron chi connectivity index (χ3n) is 4.83. The number of ether oxygens (including phenoxy) is 1. The largest absolute Gasteiger partial charge is 0.452 e. The molecule has 1 aliphatic rings. The molecule has 1 saturated heterocycles. The molecule has 0 aromatic heterocycles. The van der Waals surface area contributed by atoms with Crippen LogP contribution in [-0.4, -0.2) is 44.3 Å². The number of amides is 1. The first-order chi connectivity index (χ1) is 14.3. The van der Waals surface area contributed by atoms with Crippen molar-refractivity contribution in [2.45, 2.75) is 31.1 Å². The molecule has 1 N–H and O–H groups in total. The van der Waals surface area contributed by atoms with E-state index in [1.165, 1.54) is 28.6 Å². The van der Waals surface area contributed by atoms with Crippen molar-refractivity contribution in [2.24, 2.45) is 0 Å². The van der Waals surface area contributed by atoms with Crippen molar-refractivity contribution in [3.05, 3.63) is 58.6 Å². The van der Waals surface area contributed by atoms with Crippen LogP contribution in [0, 0.1) is 6.92 Å². The van der Waals surface area contributed by atoms with Gasteiger partial charge in [-0.2, -0.15) is 4.31 Å². The van der Waals surface area contributed by atoms with E-state index in [2.05, 4.69) is 5.32 Å². The second kappa shape index (κ2) is 9.59. The number of rotatable bonds is 6. The Morgan fingerprint density at radius 3 is 2.53 bits per heavy atom. The third-order valence-corrected chi connectivity index (χ3v) is 6.96. The van der Waals surface area contributed by atoms with Gasteiger partial charge in [0.05, 0.1) is 10.5 Å². The maximum atomic E-state index is 12.9. The number of hydrogen-bond donors (Lipinski definition) is 1. The van der Waals surface area contributed by atoms with Crippen molar-refractivity contribution in [1.29, 1.82) is 0 Å². The molecule has 30 heavy (non-hydrogen) atoms. The third kappa shape index (κ3) is 5.38. The van der Waals surface area contributed by atoms with Gasteiger partial charge in [-0.25, -0.2) is 13.2 Å². The fraction of sp³-hybridized carbons (Fsp3) is 0.333. The second-order valence-electron chi connectivity index (χ2n) is 7.08. The van der Waals surface area contributed by atoms with Crippen molar-refractivity contribution in [3.63, 3.8) is 0 Å². The molecule has 0 atom stereocenters. The van der Waals surface area contributed by atoms with Gasteiger partial charge >= 0.3 is 5.97 Å². The molecule has 9 heteroatoms. The molecule has 1 fully saturated rings. The van der Waals surface area contributed by atoms with Crippen LogP contribution >= 0.6 is 11.6 Å². The Kier molecular flexibility index (Phi) is 7.12. The van der Waals surface area contributed by atoms with E-state index in [4.69, 9.17) is 16.3 Å². The summed E-state index contributed by atoms with van der Waals surface area (Å²) in [6.07, 6.45) is 2.70. The molecule has 0 saturated carbocycles. The first kappa shape index (κ1) is 22.3. The second-order valence-corrected chi connectivity index (χ2v) is 9.45. The van der Waals surface area contributed by atoms with E-state index in [1.54, 1.807) is 25.1 Å². The van der Waals surface area contributed by atoms with Gasteiger partial charge in [0.2, 0.25) is 10.0 Å². The van der Waals surface area contributed by atoms with Gasteiger partial charge in [0.1, 0.15) is 0 Å². The molecule has 0 unspecified atom stereocenters. The number of hydrogen-bond acceptors (Lipinski definition) is 5. The van der Waals surface area contributed by atoms with Gasteiger partial charge in [-0.05, 0) is 55.7 Å². The number of nitrogens with one attached hydrogen (secondary N) is 1. The number of esters is 1. The van der Waals surface area contributed by atoms with Crippen molar-refractivity contribution < 1.29 is 22.7 Å². The molecule has 2 aromatic rings. The topological polar surface area (TPSA) is 92.8 Å². The molecule has 2 aromatic carbocycles. The van der Waals surface area contributed by atoms with E-state index >= 15 is 0 Å². The Balaban J connectivity index is 1.66. The number of anilines is 1. The minimum atomic E-state index is -3.62. The predicted octanol–water partition coefficient (Wildman–Crippen LogP) is 3.62. The lowest BCUT2D eigenvalue weighted by Crippen LogP contribution is -2.35. The number of piperidine rings is 1. The van der Waals surface area contributed by atoms with Crippen LogP contribution in [0.3, 0.4) is 0 Å². The highest BCUT2D eigenvalue weighted by Crippen LogP contribution is 2.25. The van der Waals surface area contributed by atoms with E-state index in [9.17, 15) is 18.0 Å². The van der Waals surface area contributed by atoms with E-state index in [0.717, 1.165) is 19.3 Å². The summed E-state index contributed by atoms with van der Waals surface area (Å²) < 4.78 is 32.2. The molecule has 3 rings (SSSR count). The first-order valence-corrected chi connectivity index (χ1v) is 11.4. The molecule has 1 aliphatic heterocycles. The van der Waals surface area contributed by atoms with Crippen LogP contribution in [0.2, 0.25) is 5.02 Å². The Hall–Kier alpha value is -2.42. The maximum absolute atomic E-state index is 12.9. The Labute approximate surface area is 181 Å². The quantitative estimate of drug-likeness (QED) is 0.678. The van der Waals surface area contributed by atoms with Crippen LogP contribution in [-0.2, 0) is 19.6 Å². The monoisotopic (exact) mass is 450 g/mol. The summed E-state index contributed by atoms with van der Waals surface area (Å²) in [5, 5.41) is 3.00. The average molecular weight is 451 g/mol. The number of aryl methyl sites for hydroxylation is 1. The molecular formula is C21H23ClN2O5S. The summed E-state index contributed by atoms with van der Waals surface area (Å²) in [6.45, 7) is 2.24. The zero-order valence-corrected chi connectivity index (χ0v) is 18.1. The van der Waals surface area contributed by atoms with Gasteiger partial charge < -0.3 is 10.1 Å². The first-order valence-electron chi connectivity index (χ1n) is 9.61. The molecule has 7 nitrogen and oxygen atoms in total. The highest BCUT2D eigenvalue weighted by Gasteiger charge is 2.26. The zero-order valence-electron chi connectivity index (χ0n) is 16.6. The number of carbonyl (C=O) groups excluding carboxylic acids is 2. The Morgan fingerprint density at radius 2 is 1.83 bits per heavy atom. The minimum absolute atomic E-state index is 0.126. The van der Waals surface area contributed by atoms with E-state index in [1.807, 2.05) is 0 Å². The van der Waals surface area contributed by atoms with Crippen LogP contribution in [0.5, 0.6) is 0 Å². The molecule has 0 radical (unpaired) electrons. The van der Waals surface area contributed by atoms with Crippen LogP contribution < -0.4 is 5.32 Å². The highest BCUT2D eigenvalue weighted by molar-refractivity contribution is 7.89. The number of nitrogens with zero attached hydrogens (tertiary/aromatic N) is 1. The summed E-state index contributed by atoms with van der Waals surface area (Å²) in [5.41, 5.74) is 1.29. The normalized spacial score (nSPS) is 14.9. The molecule has 160 valence electrons. The lowest BCUT2D eigenvalue weighted by Gasteiger charge is -2.26. The number of carbonyl (C=O) groups is 2. The van der Waals surface area contributed by atoms with Crippen LogP contribution in [0.15, 0.2) is 47.4 Å². The number of benzene rings is 2. The van der Waals surface area contributed by atoms with Crippen molar-refractivity contribution in [2.75, 3.05) is 25.0 Å². The average Bonchev–Trinajstić information content (AvgIpc) is 2.74. The van der Waals surface area contributed by atoms with Crippen LogP contribution in [0.4, 0.5) is 5.69 Å². The molecule has 1 heterocycles. The van der Waals surface area contributed by atoms with Gasteiger partial charge in [-0.15, -0.1) is 0 Å². The molecule has 0 bridgehead atoms. The lowest BCUT2D eigenvalue weighted by atomic mass is 10.2. The number of halogens is 1. The van der Waals surface area contributed by atoms with Gasteiger partial charge in [0, 0.05) is 23.8 Å². The van der Waals surface area contributed by atoms with E-state index in [0.29, 0.717) is 29.4 Å². The number of sulfonamides is 1. The van der Waals surface area contributed by atoms with Gasteiger partial charge in [-0.1, -0.05) is 30.2 Å². The molecular weight excluding hydrogens is 428 g/mol. The van der Waals surface area contributed by atoms with Crippen molar-refractivity contribution in [1.82, 2.24) is 4.31 Å². The summed E-state index contributed by atoms with van der Waals surface area (Å²) in [5.74, 6) is -1.24. The summed E-state index contributed by atoms with van der Waals surface area (Å²) in [7, 11) is -3.62. The van der Waals surface area contributed by atoms with Crippen molar-refractivity contribution in [3.8, 4) is 0 Å². The zero-order chi connectivity index (χ0) is 21.7. The molecule has 1 amide bonds. The van der Waals surface area contributed by atoms with E-state index < -0.39 is 28.5 Å². The van der Waals surface area contributed by atoms with Gasteiger partial charge in [-0.3, -0.25) is 4.79 Å². The maximum Gasteiger partial charge on any atom is 0.338 e. The summed E-state index contributed by atoms with van der Waals surface area (Å²) in [6, 6.07) is 10.8. The molecule has 0 spiro atoms.